The summed E-state index contributed by atoms with van der Waals surface area (Å²) >= 11 is 3.13. The van der Waals surface area contributed by atoms with E-state index in [0.29, 0.717) is 17.4 Å². The lowest BCUT2D eigenvalue weighted by atomic mass is 10.3. The van der Waals surface area contributed by atoms with Gasteiger partial charge in [0.25, 0.3) is 0 Å². The van der Waals surface area contributed by atoms with Crippen LogP contribution in [-0.2, 0) is 13.5 Å². The summed E-state index contributed by atoms with van der Waals surface area (Å²) in [6.45, 7) is 0.520. The lowest BCUT2D eigenvalue weighted by molar-refractivity contribution is 0.583. The van der Waals surface area contributed by atoms with Crippen LogP contribution in [-0.4, -0.2) is 16.1 Å². The van der Waals surface area contributed by atoms with Gasteiger partial charge in [-0.3, -0.25) is 0 Å². The zero-order chi connectivity index (χ0) is 13.1. The van der Waals surface area contributed by atoms with Gasteiger partial charge < -0.3 is 9.88 Å². The van der Waals surface area contributed by atoms with Gasteiger partial charge in [-0.05, 0) is 22.0 Å². The zero-order valence-electron chi connectivity index (χ0n) is 9.75. The molecule has 0 fully saturated rings. The molecule has 0 aliphatic carbocycles. The number of anilines is 1. The van der Waals surface area contributed by atoms with E-state index in [9.17, 15) is 8.78 Å². The molecule has 6 heteroatoms. The normalized spacial score (nSPS) is 10.7. The summed E-state index contributed by atoms with van der Waals surface area (Å²) in [5.74, 6) is -0.308. The molecule has 0 bridgehead atoms. The molecule has 0 aliphatic rings. The van der Waals surface area contributed by atoms with E-state index in [0.717, 1.165) is 11.9 Å². The van der Waals surface area contributed by atoms with Crippen LogP contribution in [0.3, 0.4) is 0 Å². The summed E-state index contributed by atoms with van der Waals surface area (Å²) in [6, 6.07) is 2.08. The fourth-order valence-corrected chi connectivity index (χ4v) is 2.20. The molecule has 0 saturated heterocycles. The molecular formula is C12H12BrF2N3. The Morgan fingerprint density at radius 1 is 1.39 bits per heavy atom. The van der Waals surface area contributed by atoms with Crippen molar-refractivity contribution in [2.45, 2.75) is 6.42 Å². The Morgan fingerprint density at radius 3 is 2.78 bits per heavy atom. The standard InChI is InChI=1S/C12H12BrF2N3/c1-18-5-4-16-11(18)2-3-17-12-9(13)6-8(14)7-10(12)15/h4-7,17H,2-3H2,1H3. The molecule has 2 rings (SSSR count). The number of nitrogens with one attached hydrogen (secondary N) is 1. The topological polar surface area (TPSA) is 29.9 Å². The van der Waals surface area contributed by atoms with Crippen LogP contribution in [0.5, 0.6) is 0 Å². The summed E-state index contributed by atoms with van der Waals surface area (Å²) < 4.78 is 28.7. The Morgan fingerprint density at radius 2 is 2.17 bits per heavy atom. The van der Waals surface area contributed by atoms with Gasteiger partial charge in [-0.1, -0.05) is 0 Å². The smallest absolute Gasteiger partial charge is 0.150 e. The van der Waals surface area contributed by atoms with E-state index in [4.69, 9.17) is 0 Å². The summed E-state index contributed by atoms with van der Waals surface area (Å²) in [4.78, 5) is 4.16. The first-order valence-electron chi connectivity index (χ1n) is 5.42. The second-order valence-corrected chi connectivity index (χ2v) is 4.73. The van der Waals surface area contributed by atoms with Crippen LogP contribution < -0.4 is 5.32 Å². The Kier molecular flexibility index (Phi) is 3.96. The van der Waals surface area contributed by atoms with Crippen LogP contribution in [0.4, 0.5) is 14.5 Å². The highest BCUT2D eigenvalue weighted by atomic mass is 79.9. The van der Waals surface area contributed by atoms with Crippen LogP contribution in [0.1, 0.15) is 5.82 Å². The molecule has 1 N–H and O–H groups in total. The predicted molar refractivity (Wildman–Crippen MR) is 69.5 cm³/mol. The van der Waals surface area contributed by atoms with Gasteiger partial charge in [0.05, 0.1) is 5.69 Å². The molecule has 1 aromatic carbocycles. The first kappa shape index (κ1) is 13.0. The minimum absolute atomic E-state index is 0.269. The highest BCUT2D eigenvalue weighted by molar-refractivity contribution is 9.10. The molecule has 1 heterocycles. The molecule has 1 aromatic heterocycles. The molecule has 18 heavy (non-hydrogen) atoms. The first-order chi connectivity index (χ1) is 8.58. The quantitative estimate of drug-likeness (QED) is 0.939. The van der Waals surface area contributed by atoms with E-state index >= 15 is 0 Å². The average molecular weight is 316 g/mol. The van der Waals surface area contributed by atoms with Crippen molar-refractivity contribution in [3.63, 3.8) is 0 Å². The molecule has 0 spiro atoms. The van der Waals surface area contributed by atoms with Gasteiger partial charge in [0.1, 0.15) is 17.5 Å². The number of benzene rings is 1. The third-order valence-electron chi connectivity index (χ3n) is 2.58. The summed E-state index contributed by atoms with van der Waals surface area (Å²) in [5.41, 5.74) is 0.269. The molecular weight excluding hydrogens is 304 g/mol. The molecule has 96 valence electrons. The zero-order valence-corrected chi connectivity index (χ0v) is 11.3. The van der Waals surface area contributed by atoms with Crippen LogP contribution in [0.2, 0.25) is 0 Å². The van der Waals surface area contributed by atoms with Crippen molar-refractivity contribution in [2.75, 3.05) is 11.9 Å². The molecule has 0 saturated carbocycles. The summed E-state index contributed by atoms with van der Waals surface area (Å²) in [6.07, 6.45) is 4.22. The molecule has 3 nitrogen and oxygen atoms in total. The van der Waals surface area contributed by atoms with Gasteiger partial charge in [0, 0.05) is 42.9 Å². The maximum atomic E-state index is 13.5. The number of hydrogen-bond donors (Lipinski definition) is 1. The van der Waals surface area contributed by atoms with E-state index < -0.39 is 11.6 Å². The average Bonchev–Trinajstić information content (AvgIpc) is 2.68. The van der Waals surface area contributed by atoms with Gasteiger partial charge in [-0.2, -0.15) is 0 Å². The van der Waals surface area contributed by atoms with Gasteiger partial charge in [0.2, 0.25) is 0 Å². The number of nitrogens with zero attached hydrogens (tertiary/aromatic N) is 2. The van der Waals surface area contributed by atoms with Gasteiger partial charge in [-0.15, -0.1) is 0 Å². The monoisotopic (exact) mass is 315 g/mol. The molecule has 2 aromatic rings. The van der Waals surface area contributed by atoms with E-state index in [1.807, 2.05) is 17.8 Å². The third-order valence-corrected chi connectivity index (χ3v) is 3.20. The molecule has 0 radical (unpaired) electrons. The highest BCUT2D eigenvalue weighted by Crippen LogP contribution is 2.26. The minimum atomic E-state index is -0.610. The van der Waals surface area contributed by atoms with Crippen LogP contribution in [0.25, 0.3) is 0 Å². The van der Waals surface area contributed by atoms with Crippen LogP contribution in [0.15, 0.2) is 29.0 Å². The SMILES string of the molecule is Cn1ccnc1CCNc1c(F)cc(F)cc1Br. The van der Waals surface area contributed by atoms with Crippen molar-refractivity contribution in [1.82, 2.24) is 9.55 Å². The van der Waals surface area contributed by atoms with Crippen LogP contribution >= 0.6 is 15.9 Å². The Hall–Kier alpha value is -1.43. The van der Waals surface area contributed by atoms with Crippen molar-refractivity contribution >= 4 is 21.6 Å². The Bertz CT molecular complexity index is 531. The Labute approximate surface area is 112 Å². The lowest BCUT2D eigenvalue weighted by Gasteiger charge is -2.09. The van der Waals surface area contributed by atoms with Crippen molar-refractivity contribution in [3.05, 3.63) is 46.5 Å². The fraction of sp³-hybridized carbons (Fsp3) is 0.250. The van der Waals surface area contributed by atoms with Gasteiger partial charge in [0.15, 0.2) is 0 Å². The number of aryl methyl sites for hydroxylation is 1. The van der Waals surface area contributed by atoms with E-state index in [2.05, 4.69) is 26.2 Å². The number of imidazole rings is 1. The third kappa shape index (κ3) is 2.87. The molecule has 0 aliphatic heterocycles. The molecule has 0 atom stereocenters. The lowest BCUT2D eigenvalue weighted by Crippen LogP contribution is -2.10. The second kappa shape index (κ2) is 5.48. The number of rotatable bonds is 4. The highest BCUT2D eigenvalue weighted by Gasteiger charge is 2.09. The Balaban J connectivity index is 2.01. The van der Waals surface area contributed by atoms with E-state index in [-0.39, 0.29) is 5.69 Å². The number of hydrogen-bond acceptors (Lipinski definition) is 2. The molecule has 0 amide bonds. The predicted octanol–water partition coefficient (Wildman–Crippen LogP) is 3.12. The van der Waals surface area contributed by atoms with Crippen molar-refractivity contribution in [1.29, 1.82) is 0 Å². The fourth-order valence-electron chi connectivity index (χ4n) is 1.65. The largest absolute Gasteiger partial charge is 0.381 e. The van der Waals surface area contributed by atoms with Crippen molar-refractivity contribution < 1.29 is 8.78 Å². The second-order valence-electron chi connectivity index (χ2n) is 3.88. The van der Waals surface area contributed by atoms with Gasteiger partial charge in [-0.25, -0.2) is 13.8 Å². The maximum absolute atomic E-state index is 13.5. The minimum Gasteiger partial charge on any atom is -0.381 e. The van der Waals surface area contributed by atoms with E-state index in [1.165, 1.54) is 6.07 Å². The van der Waals surface area contributed by atoms with E-state index in [1.54, 1.807) is 6.20 Å². The molecule has 0 unspecified atom stereocenters. The maximum Gasteiger partial charge on any atom is 0.150 e. The van der Waals surface area contributed by atoms with Crippen molar-refractivity contribution in [3.8, 4) is 0 Å². The summed E-state index contributed by atoms with van der Waals surface area (Å²) in [5, 5.41) is 2.93. The summed E-state index contributed by atoms with van der Waals surface area (Å²) in [7, 11) is 1.90. The van der Waals surface area contributed by atoms with Crippen molar-refractivity contribution in [2.24, 2.45) is 7.05 Å². The number of aromatic nitrogens is 2. The van der Waals surface area contributed by atoms with Gasteiger partial charge >= 0.3 is 0 Å². The van der Waals surface area contributed by atoms with Crippen LogP contribution in [0, 0.1) is 11.6 Å². The number of halogens is 3. The first-order valence-corrected chi connectivity index (χ1v) is 6.22.